The van der Waals surface area contributed by atoms with Crippen LogP contribution in [0.1, 0.15) is 51.2 Å². The summed E-state index contributed by atoms with van der Waals surface area (Å²) in [5, 5.41) is 10.9. The van der Waals surface area contributed by atoms with Crippen LogP contribution < -0.4 is 4.74 Å². The molecule has 1 heterocycles. The molecular formula is C16H26N2O2. The maximum Gasteiger partial charge on any atom is 0.138 e. The first kappa shape index (κ1) is 15.3. The van der Waals surface area contributed by atoms with Crippen LogP contribution in [0.4, 0.5) is 0 Å². The molecule has 1 aromatic rings. The number of ether oxygens (including phenoxy) is 1. The second-order valence-corrected chi connectivity index (χ2v) is 6.23. The standard InChI is InChI=1S/C16H26N2O2/c1-12(2)20-14-9-13(10-17-11-14)15(19)16(18(3)4)7-5-6-8-16/h9-12,15,19H,5-8H2,1-4H3. The van der Waals surface area contributed by atoms with Gasteiger partial charge in [-0.25, -0.2) is 0 Å². The fraction of sp³-hybridized carbons (Fsp3) is 0.688. The lowest BCUT2D eigenvalue weighted by atomic mass is 9.85. The second-order valence-electron chi connectivity index (χ2n) is 6.23. The Hall–Kier alpha value is -1.13. The fourth-order valence-corrected chi connectivity index (χ4v) is 3.18. The molecule has 0 aliphatic heterocycles. The molecule has 0 aromatic carbocycles. The number of hydrogen-bond donors (Lipinski definition) is 1. The Labute approximate surface area is 121 Å². The molecule has 1 aliphatic rings. The van der Waals surface area contributed by atoms with Crippen LogP contribution in [0.5, 0.6) is 5.75 Å². The van der Waals surface area contributed by atoms with Gasteiger partial charge in [0, 0.05) is 11.8 Å². The Kier molecular flexibility index (Phi) is 4.66. The zero-order chi connectivity index (χ0) is 14.8. The highest BCUT2D eigenvalue weighted by atomic mass is 16.5. The van der Waals surface area contributed by atoms with Gasteiger partial charge in [0.25, 0.3) is 0 Å². The van der Waals surface area contributed by atoms with Crippen LogP contribution in [0.25, 0.3) is 0 Å². The Morgan fingerprint density at radius 2 is 1.90 bits per heavy atom. The SMILES string of the molecule is CC(C)Oc1cncc(C(O)C2(N(C)C)CCCC2)c1. The Balaban J connectivity index is 2.25. The Bertz CT molecular complexity index is 440. The van der Waals surface area contributed by atoms with Crippen LogP contribution in [0.3, 0.4) is 0 Å². The molecule has 0 amide bonds. The van der Waals surface area contributed by atoms with Crippen molar-refractivity contribution < 1.29 is 9.84 Å². The van der Waals surface area contributed by atoms with Gasteiger partial charge in [0.15, 0.2) is 0 Å². The third-order valence-electron chi connectivity index (χ3n) is 4.29. The molecule has 2 rings (SSSR count). The molecule has 4 heteroatoms. The van der Waals surface area contributed by atoms with Crippen molar-refractivity contribution in [2.75, 3.05) is 14.1 Å². The van der Waals surface area contributed by atoms with Gasteiger partial charge in [-0.15, -0.1) is 0 Å². The molecule has 1 atom stereocenters. The molecule has 4 nitrogen and oxygen atoms in total. The lowest BCUT2D eigenvalue weighted by Gasteiger charge is -2.40. The van der Waals surface area contributed by atoms with Crippen molar-refractivity contribution in [2.45, 2.75) is 57.3 Å². The Morgan fingerprint density at radius 1 is 1.25 bits per heavy atom. The first-order chi connectivity index (χ1) is 9.45. The van der Waals surface area contributed by atoms with Crippen LogP contribution >= 0.6 is 0 Å². The van der Waals surface area contributed by atoms with Crippen molar-refractivity contribution in [3.63, 3.8) is 0 Å². The third kappa shape index (κ3) is 2.96. The van der Waals surface area contributed by atoms with E-state index in [9.17, 15) is 5.11 Å². The minimum atomic E-state index is -0.525. The average Bonchev–Trinajstić information content (AvgIpc) is 2.88. The molecule has 0 bridgehead atoms. The highest BCUT2D eigenvalue weighted by molar-refractivity contribution is 5.28. The van der Waals surface area contributed by atoms with Crippen LogP contribution in [0, 0.1) is 0 Å². The molecule has 112 valence electrons. The molecule has 0 radical (unpaired) electrons. The predicted octanol–water partition coefficient (Wildman–Crippen LogP) is 2.78. The van der Waals surface area contributed by atoms with E-state index in [4.69, 9.17) is 4.74 Å². The number of hydrogen-bond acceptors (Lipinski definition) is 4. The minimum absolute atomic E-state index is 0.110. The summed E-state index contributed by atoms with van der Waals surface area (Å²) in [5.41, 5.74) is 0.678. The molecule has 1 unspecified atom stereocenters. The summed E-state index contributed by atoms with van der Waals surface area (Å²) in [5.74, 6) is 0.725. The topological polar surface area (TPSA) is 45.6 Å². The van der Waals surface area contributed by atoms with Gasteiger partial charge in [0.05, 0.1) is 23.9 Å². The van der Waals surface area contributed by atoms with E-state index < -0.39 is 6.10 Å². The average molecular weight is 278 g/mol. The number of nitrogens with zero attached hydrogens (tertiary/aromatic N) is 2. The van der Waals surface area contributed by atoms with E-state index in [1.165, 1.54) is 12.8 Å². The van der Waals surface area contributed by atoms with Gasteiger partial charge < -0.3 is 14.7 Å². The number of aliphatic hydroxyl groups excluding tert-OH is 1. The molecule has 1 N–H and O–H groups in total. The molecule has 1 aromatic heterocycles. The highest BCUT2D eigenvalue weighted by Crippen LogP contribution is 2.43. The fourth-order valence-electron chi connectivity index (χ4n) is 3.18. The zero-order valence-corrected chi connectivity index (χ0v) is 13.0. The molecule has 0 spiro atoms. The summed E-state index contributed by atoms with van der Waals surface area (Å²) >= 11 is 0. The van der Waals surface area contributed by atoms with E-state index in [0.717, 1.165) is 24.2 Å². The van der Waals surface area contributed by atoms with E-state index in [2.05, 4.69) is 24.0 Å². The monoisotopic (exact) mass is 278 g/mol. The quantitative estimate of drug-likeness (QED) is 0.899. The Morgan fingerprint density at radius 3 is 2.45 bits per heavy atom. The third-order valence-corrected chi connectivity index (χ3v) is 4.29. The van der Waals surface area contributed by atoms with E-state index in [1.54, 1.807) is 12.4 Å². The summed E-state index contributed by atoms with van der Waals surface area (Å²) in [6, 6.07) is 1.92. The maximum absolute atomic E-state index is 10.9. The van der Waals surface area contributed by atoms with E-state index in [0.29, 0.717) is 0 Å². The predicted molar refractivity (Wildman–Crippen MR) is 79.8 cm³/mol. The molecule has 20 heavy (non-hydrogen) atoms. The van der Waals surface area contributed by atoms with E-state index in [1.807, 2.05) is 19.9 Å². The molecule has 1 aliphatic carbocycles. The van der Waals surface area contributed by atoms with Crippen LogP contribution in [-0.4, -0.2) is 40.7 Å². The van der Waals surface area contributed by atoms with Gasteiger partial charge in [-0.3, -0.25) is 4.98 Å². The lowest BCUT2D eigenvalue weighted by molar-refractivity contribution is -0.00510. The van der Waals surface area contributed by atoms with Gasteiger partial charge >= 0.3 is 0 Å². The van der Waals surface area contributed by atoms with Crippen LogP contribution in [0.15, 0.2) is 18.5 Å². The zero-order valence-electron chi connectivity index (χ0n) is 13.0. The van der Waals surface area contributed by atoms with Crippen molar-refractivity contribution in [2.24, 2.45) is 0 Å². The van der Waals surface area contributed by atoms with Crippen molar-refractivity contribution in [3.05, 3.63) is 24.0 Å². The number of aliphatic hydroxyl groups is 1. The summed E-state index contributed by atoms with van der Waals surface area (Å²) in [7, 11) is 4.10. The minimum Gasteiger partial charge on any atom is -0.489 e. The van der Waals surface area contributed by atoms with Crippen LogP contribution in [-0.2, 0) is 0 Å². The molecule has 1 fully saturated rings. The van der Waals surface area contributed by atoms with Crippen molar-refractivity contribution in [1.29, 1.82) is 0 Å². The van der Waals surface area contributed by atoms with Crippen LogP contribution in [0.2, 0.25) is 0 Å². The first-order valence-electron chi connectivity index (χ1n) is 7.43. The number of rotatable bonds is 5. The number of aromatic nitrogens is 1. The molecule has 1 saturated carbocycles. The van der Waals surface area contributed by atoms with Gasteiger partial charge in [0.1, 0.15) is 5.75 Å². The smallest absolute Gasteiger partial charge is 0.138 e. The second kappa shape index (κ2) is 6.10. The number of pyridine rings is 1. The maximum atomic E-state index is 10.9. The summed E-state index contributed by atoms with van der Waals surface area (Å²) in [6.45, 7) is 3.97. The summed E-state index contributed by atoms with van der Waals surface area (Å²) < 4.78 is 5.67. The van der Waals surface area contributed by atoms with E-state index >= 15 is 0 Å². The van der Waals surface area contributed by atoms with Gasteiger partial charge in [-0.2, -0.15) is 0 Å². The van der Waals surface area contributed by atoms with Gasteiger partial charge in [-0.1, -0.05) is 12.8 Å². The molecule has 0 saturated heterocycles. The van der Waals surface area contributed by atoms with E-state index in [-0.39, 0.29) is 11.6 Å². The van der Waals surface area contributed by atoms with Crippen molar-refractivity contribution in [1.82, 2.24) is 9.88 Å². The van der Waals surface area contributed by atoms with Crippen molar-refractivity contribution >= 4 is 0 Å². The summed E-state index contributed by atoms with van der Waals surface area (Å²) in [4.78, 5) is 6.38. The molecular weight excluding hydrogens is 252 g/mol. The summed E-state index contributed by atoms with van der Waals surface area (Å²) in [6.07, 6.45) is 7.43. The van der Waals surface area contributed by atoms with Crippen molar-refractivity contribution in [3.8, 4) is 5.75 Å². The van der Waals surface area contributed by atoms with Gasteiger partial charge in [0.2, 0.25) is 0 Å². The highest BCUT2D eigenvalue weighted by Gasteiger charge is 2.43. The normalized spacial score (nSPS) is 19.6. The lowest BCUT2D eigenvalue weighted by Crippen LogP contribution is -2.47. The number of likely N-dealkylation sites (N-methyl/N-ethyl adjacent to an activating group) is 1. The largest absolute Gasteiger partial charge is 0.489 e. The van der Waals surface area contributed by atoms with Gasteiger partial charge in [-0.05, 0) is 46.9 Å². The first-order valence-corrected chi connectivity index (χ1v) is 7.43.